The fourth-order valence-electron chi connectivity index (χ4n) is 8.94. The highest BCUT2D eigenvalue weighted by Gasteiger charge is 2.43. The van der Waals surface area contributed by atoms with Crippen LogP contribution in [0, 0.1) is 0 Å². The summed E-state index contributed by atoms with van der Waals surface area (Å²) in [6.07, 6.45) is 7.31. The Morgan fingerprint density at radius 3 is 1.79 bits per heavy atom. The van der Waals surface area contributed by atoms with Crippen LogP contribution in [0.3, 0.4) is 0 Å². The topological polar surface area (TPSA) is 0 Å². The molecule has 3 aliphatic rings. The van der Waals surface area contributed by atoms with Gasteiger partial charge in [-0.1, -0.05) is 109 Å². The lowest BCUT2D eigenvalue weighted by atomic mass is 9.77. The number of hydrogen-bond acceptors (Lipinski definition) is 0. The highest BCUT2D eigenvalue weighted by Crippen LogP contribution is 2.58. The molecule has 0 unspecified atom stereocenters. The Morgan fingerprint density at radius 2 is 1.12 bits per heavy atom. The van der Waals surface area contributed by atoms with Gasteiger partial charge in [0.25, 0.3) is 0 Å². The highest BCUT2D eigenvalue weighted by molar-refractivity contribution is 6.26. The summed E-state index contributed by atoms with van der Waals surface area (Å²) in [7, 11) is 0. The van der Waals surface area contributed by atoms with Crippen LogP contribution in [-0.2, 0) is 16.2 Å². The van der Waals surface area contributed by atoms with Crippen LogP contribution < -0.4 is 10.4 Å². The third kappa shape index (κ3) is 2.84. The average molecular weight is 543 g/mol. The zero-order chi connectivity index (χ0) is 28.9. The van der Waals surface area contributed by atoms with Crippen LogP contribution in [0.15, 0.2) is 66.7 Å². The molecule has 0 amide bonds. The quantitative estimate of drug-likeness (QED) is 0.168. The summed E-state index contributed by atoms with van der Waals surface area (Å²) in [5, 5.41) is 11.2. The summed E-state index contributed by atoms with van der Waals surface area (Å²) < 4.78 is 0. The second-order valence-corrected chi connectivity index (χ2v) is 15.3. The van der Waals surface area contributed by atoms with Gasteiger partial charge in [-0.15, -0.1) is 0 Å². The Morgan fingerprint density at radius 1 is 0.548 bits per heavy atom. The predicted molar refractivity (Wildman–Crippen MR) is 181 cm³/mol. The third-order valence-corrected chi connectivity index (χ3v) is 11.1. The monoisotopic (exact) mass is 542 g/mol. The second-order valence-electron chi connectivity index (χ2n) is 15.3. The molecule has 206 valence electrons. The molecule has 0 fully saturated rings. The van der Waals surface area contributed by atoms with Gasteiger partial charge in [-0.2, -0.15) is 0 Å². The van der Waals surface area contributed by atoms with E-state index >= 15 is 0 Å². The fourth-order valence-corrected chi connectivity index (χ4v) is 8.94. The van der Waals surface area contributed by atoms with E-state index in [0.717, 1.165) is 12.8 Å². The summed E-state index contributed by atoms with van der Waals surface area (Å²) in [5.41, 5.74) is 13.2. The van der Waals surface area contributed by atoms with Gasteiger partial charge < -0.3 is 0 Å². The molecule has 0 saturated heterocycles. The van der Waals surface area contributed by atoms with E-state index in [1.165, 1.54) is 92.8 Å². The van der Waals surface area contributed by atoms with Gasteiger partial charge in [0, 0.05) is 10.8 Å². The molecule has 42 heavy (non-hydrogen) atoms. The summed E-state index contributed by atoms with van der Waals surface area (Å²) in [6, 6.07) is 26.4. The first-order valence-electron chi connectivity index (χ1n) is 15.8. The van der Waals surface area contributed by atoms with Gasteiger partial charge >= 0.3 is 0 Å². The van der Waals surface area contributed by atoms with Crippen LogP contribution >= 0.6 is 0 Å². The number of benzene rings is 6. The van der Waals surface area contributed by atoms with Crippen LogP contribution in [-0.4, -0.2) is 0 Å². The Balaban J connectivity index is 1.40. The highest BCUT2D eigenvalue weighted by atomic mass is 14.5. The Kier molecular flexibility index (Phi) is 4.43. The largest absolute Gasteiger partial charge is 0.0760 e. The average Bonchev–Trinajstić information content (AvgIpc) is 3.33. The molecule has 0 saturated carbocycles. The molecule has 6 aromatic rings. The number of fused-ring (bicyclic) bond motifs is 9. The minimum absolute atomic E-state index is 0.0588. The van der Waals surface area contributed by atoms with Crippen molar-refractivity contribution in [2.45, 2.75) is 77.6 Å². The SMILES string of the molecule is CC(C)(C)c1cc2c(c3c1=CCCC=3)-c1cc3c(cc1C2(C)C)-c1c(cc2ccc4cccc5ccc1c2c45)C3(C)C. The standard InChI is InChI=1S/C42H38/c1-40(2,3)31-22-35-38(27-14-9-8-13-26(27)31)29-20-33-30(21-32(29)42(35,6)7)39-28-18-17-24-12-10-11-23-15-16-25(37(28)36(23)24)19-34(39)41(33,4)5/h10-22H,8-9H2,1-7H3. The van der Waals surface area contributed by atoms with Gasteiger partial charge in [-0.05, 0) is 129 Å². The van der Waals surface area contributed by atoms with Crippen LogP contribution in [0.5, 0.6) is 0 Å². The third-order valence-electron chi connectivity index (χ3n) is 11.1. The second kappa shape index (κ2) is 7.54. The molecule has 0 bridgehead atoms. The van der Waals surface area contributed by atoms with E-state index in [2.05, 4.69) is 127 Å². The molecule has 0 nitrogen and oxygen atoms in total. The van der Waals surface area contributed by atoms with Crippen LogP contribution in [0.1, 0.15) is 89.1 Å². The van der Waals surface area contributed by atoms with Gasteiger partial charge in [0.15, 0.2) is 0 Å². The lowest BCUT2D eigenvalue weighted by Crippen LogP contribution is -2.38. The maximum Gasteiger partial charge on any atom is 0.0159 e. The molecule has 0 aromatic heterocycles. The van der Waals surface area contributed by atoms with Gasteiger partial charge in [-0.25, -0.2) is 0 Å². The maximum atomic E-state index is 2.60. The number of hydrogen-bond donors (Lipinski definition) is 0. The van der Waals surface area contributed by atoms with Crippen molar-refractivity contribution in [3.63, 3.8) is 0 Å². The summed E-state index contributed by atoms with van der Waals surface area (Å²) in [4.78, 5) is 0. The van der Waals surface area contributed by atoms with Crippen molar-refractivity contribution in [1.82, 2.24) is 0 Å². The smallest absolute Gasteiger partial charge is 0.0159 e. The predicted octanol–water partition coefficient (Wildman–Crippen LogP) is 9.85. The first-order chi connectivity index (χ1) is 20.0. The minimum atomic E-state index is -0.0711. The van der Waals surface area contributed by atoms with Crippen molar-refractivity contribution >= 4 is 44.5 Å². The van der Waals surface area contributed by atoms with Crippen molar-refractivity contribution in [3.8, 4) is 22.3 Å². The van der Waals surface area contributed by atoms with Crippen LogP contribution in [0.25, 0.3) is 66.7 Å². The molecule has 0 heterocycles. The van der Waals surface area contributed by atoms with E-state index < -0.39 is 0 Å². The van der Waals surface area contributed by atoms with E-state index in [1.54, 1.807) is 0 Å². The molecule has 0 aliphatic heterocycles. The van der Waals surface area contributed by atoms with Gasteiger partial charge in [0.1, 0.15) is 0 Å². The Labute approximate surface area is 248 Å². The molecule has 9 rings (SSSR count). The molecule has 0 atom stereocenters. The molecule has 0 spiro atoms. The van der Waals surface area contributed by atoms with Gasteiger partial charge in [0.05, 0.1) is 0 Å². The van der Waals surface area contributed by atoms with E-state index in [1.807, 2.05) is 0 Å². The molecule has 3 aliphatic carbocycles. The van der Waals surface area contributed by atoms with Crippen LogP contribution in [0.4, 0.5) is 0 Å². The molecular formula is C42H38. The van der Waals surface area contributed by atoms with Crippen molar-refractivity contribution in [1.29, 1.82) is 0 Å². The first-order valence-corrected chi connectivity index (χ1v) is 15.8. The molecule has 0 N–H and O–H groups in total. The zero-order valence-electron chi connectivity index (χ0n) is 25.9. The van der Waals surface area contributed by atoms with Gasteiger partial charge in [0.2, 0.25) is 0 Å². The fraction of sp³-hybridized carbons (Fsp3) is 0.286. The van der Waals surface area contributed by atoms with Crippen molar-refractivity contribution < 1.29 is 0 Å². The summed E-state index contributed by atoms with van der Waals surface area (Å²) in [5.74, 6) is 0. The number of rotatable bonds is 0. The molecule has 6 aromatic carbocycles. The lowest BCUT2D eigenvalue weighted by Gasteiger charge is -2.27. The zero-order valence-corrected chi connectivity index (χ0v) is 25.9. The lowest BCUT2D eigenvalue weighted by molar-refractivity contribution is 0.579. The summed E-state index contributed by atoms with van der Waals surface area (Å²) >= 11 is 0. The Bertz CT molecular complexity index is 2300. The van der Waals surface area contributed by atoms with E-state index in [4.69, 9.17) is 0 Å². The van der Waals surface area contributed by atoms with Crippen molar-refractivity contribution in [2.24, 2.45) is 0 Å². The van der Waals surface area contributed by atoms with Gasteiger partial charge in [-0.3, -0.25) is 0 Å². The van der Waals surface area contributed by atoms with Crippen molar-refractivity contribution in [3.05, 3.63) is 105 Å². The van der Waals surface area contributed by atoms with E-state index in [9.17, 15) is 0 Å². The maximum absolute atomic E-state index is 2.60. The van der Waals surface area contributed by atoms with E-state index in [-0.39, 0.29) is 16.2 Å². The summed E-state index contributed by atoms with van der Waals surface area (Å²) in [6.45, 7) is 16.9. The van der Waals surface area contributed by atoms with Crippen molar-refractivity contribution in [2.75, 3.05) is 0 Å². The Hall–Kier alpha value is -3.90. The molecule has 0 heteroatoms. The van der Waals surface area contributed by atoms with Crippen LogP contribution in [0.2, 0.25) is 0 Å². The first kappa shape index (κ1) is 24.7. The normalized spacial score (nSPS) is 17.5. The minimum Gasteiger partial charge on any atom is -0.0760 e. The molecular weight excluding hydrogens is 504 g/mol. The molecule has 0 radical (unpaired) electrons. The van der Waals surface area contributed by atoms with E-state index in [0.29, 0.717) is 0 Å².